The van der Waals surface area contributed by atoms with Crippen LogP contribution < -0.4 is 4.74 Å². The van der Waals surface area contributed by atoms with Gasteiger partial charge in [0.1, 0.15) is 11.8 Å². The molecule has 0 N–H and O–H groups in total. The molecule has 2 bridgehead atoms. The molecular formula is C17H21N3OS. The number of aryl methyl sites for hydroxylation is 1. The van der Waals surface area contributed by atoms with E-state index in [0.29, 0.717) is 17.8 Å². The Morgan fingerprint density at radius 2 is 1.95 bits per heavy atom. The number of fused-ring (bicyclic) bond motifs is 3. The van der Waals surface area contributed by atoms with Gasteiger partial charge in [0.25, 0.3) is 0 Å². The van der Waals surface area contributed by atoms with Gasteiger partial charge in [-0.2, -0.15) is 0 Å². The Morgan fingerprint density at radius 1 is 1.14 bits per heavy atom. The first kappa shape index (κ1) is 14.2. The van der Waals surface area contributed by atoms with E-state index < -0.39 is 0 Å². The van der Waals surface area contributed by atoms with Crippen molar-refractivity contribution in [1.82, 2.24) is 15.1 Å². The van der Waals surface area contributed by atoms with Crippen molar-refractivity contribution < 1.29 is 4.74 Å². The van der Waals surface area contributed by atoms with Gasteiger partial charge in [-0.25, -0.2) is 0 Å². The van der Waals surface area contributed by atoms with E-state index >= 15 is 0 Å². The van der Waals surface area contributed by atoms with Crippen molar-refractivity contribution in [3.8, 4) is 16.5 Å². The van der Waals surface area contributed by atoms with E-state index in [2.05, 4.69) is 41.1 Å². The third-order valence-electron chi connectivity index (χ3n) is 4.98. The number of piperidine rings is 3. The van der Waals surface area contributed by atoms with Crippen molar-refractivity contribution in [2.45, 2.75) is 38.8 Å². The molecule has 5 heteroatoms. The molecule has 2 atom stereocenters. The number of hydrogen-bond acceptors (Lipinski definition) is 5. The molecule has 3 saturated heterocycles. The quantitative estimate of drug-likeness (QED) is 0.870. The molecule has 3 fully saturated rings. The number of hydrogen-bond donors (Lipinski definition) is 0. The van der Waals surface area contributed by atoms with Crippen LogP contribution in [0.15, 0.2) is 24.3 Å². The molecule has 2 aromatic rings. The van der Waals surface area contributed by atoms with Crippen LogP contribution in [0.1, 0.15) is 24.6 Å². The predicted octanol–water partition coefficient (Wildman–Crippen LogP) is 3.38. The Balaban J connectivity index is 1.49. The van der Waals surface area contributed by atoms with Crippen molar-refractivity contribution in [2.75, 3.05) is 13.1 Å². The maximum atomic E-state index is 6.19. The van der Waals surface area contributed by atoms with Gasteiger partial charge in [0.15, 0.2) is 0 Å². The molecule has 5 heterocycles. The molecule has 2 unspecified atom stereocenters. The van der Waals surface area contributed by atoms with E-state index in [9.17, 15) is 0 Å². The normalized spacial score (nSPS) is 30.5. The minimum atomic E-state index is 0.256. The highest BCUT2D eigenvalue weighted by Gasteiger charge is 2.41. The minimum Gasteiger partial charge on any atom is -0.471 e. The maximum absolute atomic E-state index is 6.19. The first-order chi connectivity index (χ1) is 10.7. The summed E-state index contributed by atoms with van der Waals surface area (Å²) in [6.45, 7) is 6.81. The SMILES string of the molecule is Cc1ccc(-c2ccc(OC3C4CCN(CC4)C3C)nn2)s1. The summed E-state index contributed by atoms with van der Waals surface area (Å²) < 4.78 is 6.19. The third-order valence-corrected chi connectivity index (χ3v) is 6.00. The standard InChI is InChI=1S/C17H21N3OS/c1-11-3-5-15(22-11)14-4-6-16(19-18-14)21-17-12(2)20-9-7-13(17)8-10-20/h3-6,12-13,17H,7-10H2,1-2H3. The molecule has 4 nitrogen and oxygen atoms in total. The summed E-state index contributed by atoms with van der Waals surface area (Å²) in [6.07, 6.45) is 2.75. The summed E-state index contributed by atoms with van der Waals surface area (Å²) in [7, 11) is 0. The molecule has 0 amide bonds. The fraction of sp³-hybridized carbons (Fsp3) is 0.529. The molecule has 0 saturated carbocycles. The van der Waals surface area contributed by atoms with Crippen LogP contribution in [-0.4, -0.2) is 40.3 Å². The number of aromatic nitrogens is 2. The van der Waals surface area contributed by atoms with Gasteiger partial charge >= 0.3 is 0 Å². The summed E-state index contributed by atoms with van der Waals surface area (Å²) in [4.78, 5) is 4.98. The molecule has 0 aromatic carbocycles. The number of thiophene rings is 1. The van der Waals surface area contributed by atoms with Gasteiger partial charge < -0.3 is 4.74 Å². The maximum Gasteiger partial charge on any atom is 0.233 e. The fourth-order valence-corrected chi connectivity index (χ4v) is 4.51. The summed E-state index contributed by atoms with van der Waals surface area (Å²) in [5, 5.41) is 8.63. The van der Waals surface area contributed by atoms with Gasteiger partial charge in [-0.1, -0.05) is 0 Å². The van der Waals surface area contributed by atoms with Crippen molar-refractivity contribution in [3.63, 3.8) is 0 Å². The lowest BCUT2D eigenvalue weighted by Crippen LogP contribution is -2.58. The van der Waals surface area contributed by atoms with E-state index in [4.69, 9.17) is 4.74 Å². The molecule has 0 spiro atoms. The predicted molar refractivity (Wildman–Crippen MR) is 88.3 cm³/mol. The lowest BCUT2D eigenvalue weighted by molar-refractivity contribution is -0.0528. The van der Waals surface area contributed by atoms with E-state index in [1.165, 1.54) is 30.8 Å². The Labute approximate surface area is 135 Å². The van der Waals surface area contributed by atoms with Crippen LogP contribution >= 0.6 is 11.3 Å². The molecule has 3 aliphatic rings. The molecule has 0 radical (unpaired) electrons. The Hall–Kier alpha value is -1.46. The molecule has 3 aliphatic heterocycles. The van der Waals surface area contributed by atoms with Crippen LogP contribution in [0.4, 0.5) is 0 Å². The molecule has 22 heavy (non-hydrogen) atoms. The van der Waals surface area contributed by atoms with Gasteiger partial charge in [0.05, 0.1) is 4.88 Å². The van der Waals surface area contributed by atoms with Crippen LogP contribution in [0.5, 0.6) is 5.88 Å². The largest absolute Gasteiger partial charge is 0.471 e. The van der Waals surface area contributed by atoms with Gasteiger partial charge in [0.2, 0.25) is 5.88 Å². The van der Waals surface area contributed by atoms with E-state index in [1.54, 1.807) is 11.3 Å². The number of rotatable bonds is 3. The zero-order valence-corrected chi connectivity index (χ0v) is 13.8. The summed E-state index contributed by atoms with van der Waals surface area (Å²) in [6, 6.07) is 8.66. The van der Waals surface area contributed by atoms with Crippen LogP contribution in [0.3, 0.4) is 0 Å². The van der Waals surface area contributed by atoms with E-state index in [1.807, 2.05) is 12.1 Å². The molecule has 0 aliphatic carbocycles. The third kappa shape index (κ3) is 2.52. The zero-order valence-electron chi connectivity index (χ0n) is 13.0. The van der Waals surface area contributed by atoms with E-state index in [-0.39, 0.29) is 6.10 Å². The van der Waals surface area contributed by atoms with Crippen molar-refractivity contribution in [1.29, 1.82) is 0 Å². The van der Waals surface area contributed by atoms with Gasteiger partial charge in [-0.3, -0.25) is 4.90 Å². The minimum absolute atomic E-state index is 0.256. The summed E-state index contributed by atoms with van der Waals surface area (Å²) in [5.41, 5.74) is 0.924. The molecular weight excluding hydrogens is 294 g/mol. The average Bonchev–Trinajstić information content (AvgIpc) is 2.98. The average molecular weight is 315 g/mol. The second-order valence-corrected chi connectivity index (χ2v) is 7.65. The fourth-order valence-electron chi connectivity index (χ4n) is 3.68. The topological polar surface area (TPSA) is 38.2 Å². The second-order valence-electron chi connectivity index (χ2n) is 6.36. The summed E-state index contributed by atoms with van der Waals surface area (Å²) in [5.74, 6) is 1.32. The van der Waals surface area contributed by atoms with Crippen molar-refractivity contribution >= 4 is 11.3 Å². The van der Waals surface area contributed by atoms with Gasteiger partial charge in [-0.15, -0.1) is 21.5 Å². The Bertz CT molecular complexity index is 644. The first-order valence-corrected chi connectivity index (χ1v) is 8.83. The van der Waals surface area contributed by atoms with Crippen LogP contribution in [0.25, 0.3) is 10.6 Å². The Kier molecular flexibility index (Phi) is 3.62. The van der Waals surface area contributed by atoms with Crippen LogP contribution in [-0.2, 0) is 0 Å². The monoisotopic (exact) mass is 315 g/mol. The highest BCUT2D eigenvalue weighted by molar-refractivity contribution is 7.15. The van der Waals surface area contributed by atoms with Gasteiger partial charge in [-0.05, 0) is 63.9 Å². The first-order valence-electron chi connectivity index (χ1n) is 8.02. The van der Waals surface area contributed by atoms with E-state index in [0.717, 1.165) is 10.6 Å². The van der Waals surface area contributed by atoms with Gasteiger partial charge in [0, 0.05) is 17.0 Å². The highest BCUT2D eigenvalue weighted by atomic mass is 32.1. The van der Waals surface area contributed by atoms with Crippen molar-refractivity contribution in [2.24, 2.45) is 5.92 Å². The second kappa shape index (κ2) is 5.63. The van der Waals surface area contributed by atoms with Crippen molar-refractivity contribution in [3.05, 3.63) is 29.1 Å². The highest BCUT2D eigenvalue weighted by Crippen LogP contribution is 2.34. The number of nitrogens with zero attached hydrogens (tertiary/aromatic N) is 3. The van der Waals surface area contributed by atoms with Crippen LogP contribution in [0, 0.1) is 12.8 Å². The molecule has 2 aromatic heterocycles. The Morgan fingerprint density at radius 3 is 2.55 bits per heavy atom. The van der Waals surface area contributed by atoms with Crippen LogP contribution in [0.2, 0.25) is 0 Å². The molecule has 116 valence electrons. The lowest BCUT2D eigenvalue weighted by Gasteiger charge is -2.48. The zero-order chi connectivity index (χ0) is 15.1. The number of ether oxygens (including phenoxy) is 1. The summed E-state index contributed by atoms with van der Waals surface area (Å²) >= 11 is 1.74. The smallest absolute Gasteiger partial charge is 0.233 e. The lowest BCUT2D eigenvalue weighted by atomic mass is 9.81. The molecule has 5 rings (SSSR count).